The highest BCUT2D eigenvalue weighted by Gasteiger charge is 2.32. The van der Waals surface area contributed by atoms with Gasteiger partial charge in [0.2, 0.25) is 0 Å². The fourth-order valence-corrected chi connectivity index (χ4v) is 5.78. The highest BCUT2D eigenvalue weighted by molar-refractivity contribution is 7.98. The van der Waals surface area contributed by atoms with Crippen molar-refractivity contribution in [3.8, 4) is 17.0 Å². The minimum atomic E-state index is -3.10. The van der Waals surface area contributed by atoms with Gasteiger partial charge in [0.1, 0.15) is 5.75 Å². The minimum absolute atomic E-state index is 0.0225. The van der Waals surface area contributed by atoms with E-state index < -0.39 is 9.84 Å². The highest BCUT2D eigenvalue weighted by atomic mass is 32.2. The van der Waals surface area contributed by atoms with Gasteiger partial charge < -0.3 is 10.1 Å². The van der Waals surface area contributed by atoms with Crippen LogP contribution < -0.4 is 10.1 Å². The lowest BCUT2D eigenvalue weighted by Gasteiger charge is -2.13. The molecule has 1 aliphatic rings. The molecule has 4 rings (SSSR count). The van der Waals surface area contributed by atoms with Crippen LogP contribution in [0.15, 0.2) is 59.5 Å². The molecule has 2 heterocycles. The van der Waals surface area contributed by atoms with E-state index in [1.54, 1.807) is 29.6 Å². The summed E-state index contributed by atoms with van der Waals surface area (Å²) in [5.74, 6) is 0.523. The number of anilines is 1. The van der Waals surface area contributed by atoms with E-state index >= 15 is 0 Å². The number of benzene rings is 2. The Morgan fingerprint density at radius 2 is 1.97 bits per heavy atom. The van der Waals surface area contributed by atoms with Gasteiger partial charge in [0.05, 0.1) is 30.4 Å². The molecule has 0 aliphatic carbocycles. The molecule has 1 amide bonds. The Hall–Kier alpha value is -2.78. The summed E-state index contributed by atoms with van der Waals surface area (Å²) in [6.07, 6.45) is 2.45. The van der Waals surface area contributed by atoms with Gasteiger partial charge in [-0.15, -0.1) is 11.8 Å². The monoisotopic (exact) mass is 457 g/mol. The van der Waals surface area contributed by atoms with Crippen molar-refractivity contribution in [2.45, 2.75) is 17.4 Å². The normalized spacial score (nSPS) is 17.4. The third kappa shape index (κ3) is 4.77. The van der Waals surface area contributed by atoms with Gasteiger partial charge in [-0.25, -0.2) is 8.42 Å². The van der Waals surface area contributed by atoms with E-state index in [1.165, 1.54) is 0 Å². The zero-order valence-corrected chi connectivity index (χ0v) is 18.9. The summed E-state index contributed by atoms with van der Waals surface area (Å²) in [4.78, 5) is 14.0. The summed E-state index contributed by atoms with van der Waals surface area (Å²) in [7, 11) is -1.51. The van der Waals surface area contributed by atoms with Crippen molar-refractivity contribution in [3.05, 3.63) is 60.3 Å². The molecule has 1 fully saturated rings. The molecule has 1 aliphatic heterocycles. The van der Waals surface area contributed by atoms with Gasteiger partial charge in [0.15, 0.2) is 15.5 Å². The molecule has 31 heavy (non-hydrogen) atoms. The van der Waals surface area contributed by atoms with Gasteiger partial charge in [0.25, 0.3) is 5.91 Å². The quantitative estimate of drug-likeness (QED) is 0.565. The number of hydrogen-bond donors (Lipinski definition) is 1. The number of ether oxygens (including phenoxy) is 1. The first-order chi connectivity index (χ1) is 14.9. The summed E-state index contributed by atoms with van der Waals surface area (Å²) < 4.78 is 31.0. The Kier molecular flexibility index (Phi) is 6.06. The second-order valence-electron chi connectivity index (χ2n) is 7.33. The zero-order valence-electron chi connectivity index (χ0n) is 17.2. The van der Waals surface area contributed by atoms with E-state index in [0.29, 0.717) is 23.6 Å². The van der Waals surface area contributed by atoms with Crippen LogP contribution in [0.4, 0.5) is 5.69 Å². The number of hydrogen-bond acceptors (Lipinski definition) is 6. The van der Waals surface area contributed by atoms with Crippen LogP contribution >= 0.6 is 11.8 Å². The van der Waals surface area contributed by atoms with E-state index in [1.807, 2.05) is 54.8 Å². The fourth-order valence-electron chi connectivity index (χ4n) is 3.63. The number of rotatable bonds is 6. The highest BCUT2D eigenvalue weighted by Crippen LogP contribution is 2.31. The molecule has 1 atom stereocenters. The van der Waals surface area contributed by atoms with Crippen LogP contribution in [0.5, 0.6) is 5.75 Å². The van der Waals surface area contributed by atoms with Crippen molar-refractivity contribution in [2.24, 2.45) is 0 Å². The second kappa shape index (κ2) is 8.76. The van der Waals surface area contributed by atoms with Gasteiger partial charge in [-0.05, 0) is 61.2 Å². The number of carbonyl (C=O) groups excluding carboxylic acids is 1. The molecule has 0 saturated carbocycles. The molecule has 3 aromatic rings. The van der Waals surface area contributed by atoms with E-state index in [-0.39, 0.29) is 29.1 Å². The second-order valence-corrected chi connectivity index (χ2v) is 10.4. The number of sulfone groups is 1. The van der Waals surface area contributed by atoms with Crippen molar-refractivity contribution < 1.29 is 17.9 Å². The third-order valence-electron chi connectivity index (χ3n) is 5.24. The number of nitrogens with zero attached hydrogens (tertiary/aromatic N) is 2. The van der Waals surface area contributed by atoms with Crippen molar-refractivity contribution in [1.82, 2.24) is 9.78 Å². The summed E-state index contributed by atoms with van der Waals surface area (Å²) in [5, 5.41) is 7.40. The van der Waals surface area contributed by atoms with Gasteiger partial charge >= 0.3 is 0 Å². The number of thioether (sulfide) groups is 1. The van der Waals surface area contributed by atoms with E-state index in [0.717, 1.165) is 10.5 Å². The average molecular weight is 458 g/mol. The Morgan fingerprint density at radius 3 is 2.61 bits per heavy atom. The number of carbonyl (C=O) groups is 1. The van der Waals surface area contributed by atoms with Gasteiger partial charge in [-0.2, -0.15) is 5.10 Å². The van der Waals surface area contributed by atoms with Crippen molar-refractivity contribution in [1.29, 1.82) is 0 Å². The summed E-state index contributed by atoms with van der Waals surface area (Å²) in [5.41, 5.74) is 2.46. The first-order valence-electron chi connectivity index (χ1n) is 9.78. The topological polar surface area (TPSA) is 90.3 Å². The predicted molar refractivity (Wildman–Crippen MR) is 123 cm³/mol. The Labute approximate surface area is 185 Å². The standard InChI is InChI=1S/C22H23N3O4S2/c1-29-18-8-6-15(7-9-18)21-13-20(24-25(21)17-10-11-31(27,28)14-17)22(26)23-16-4-3-5-19(12-16)30-2/h3-9,12-13,17H,10-11,14H2,1-2H3,(H,23,26). The lowest BCUT2D eigenvalue weighted by atomic mass is 10.1. The van der Waals surface area contributed by atoms with Gasteiger partial charge in [-0.1, -0.05) is 6.07 Å². The Bertz CT molecular complexity index is 1200. The van der Waals surface area contributed by atoms with Crippen LogP contribution in [0.25, 0.3) is 11.3 Å². The van der Waals surface area contributed by atoms with Crippen LogP contribution in [0.1, 0.15) is 23.0 Å². The Morgan fingerprint density at radius 1 is 1.19 bits per heavy atom. The van der Waals surface area contributed by atoms with Crippen LogP contribution in [0.3, 0.4) is 0 Å². The molecular formula is C22H23N3O4S2. The molecule has 1 N–H and O–H groups in total. The fraction of sp³-hybridized carbons (Fsp3) is 0.273. The minimum Gasteiger partial charge on any atom is -0.497 e. The summed E-state index contributed by atoms with van der Waals surface area (Å²) >= 11 is 1.59. The van der Waals surface area contributed by atoms with Crippen LogP contribution in [-0.4, -0.2) is 49.0 Å². The third-order valence-corrected chi connectivity index (χ3v) is 7.71. The lowest BCUT2D eigenvalue weighted by molar-refractivity contribution is 0.102. The van der Waals surface area contributed by atoms with E-state index in [9.17, 15) is 13.2 Å². The van der Waals surface area contributed by atoms with Gasteiger partial charge in [0, 0.05) is 16.1 Å². The summed E-state index contributed by atoms with van der Waals surface area (Å²) in [6.45, 7) is 0. The molecule has 2 aromatic carbocycles. The smallest absolute Gasteiger partial charge is 0.276 e. The number of aromatic nitrogens is 2. The molecule has 9 heteroatoms. The number of amides is 1. The summed E-state index contributed by atoms with van der Waals surface area (Å²) in [6, 6.07) is 16.4. The van der Waals surface area contributed by atoms with Gasteiger partial charge in [-0.3, -0.25) is 9.48 Å². The largest absolute Gasteiger partial charge is 0.497 e. The zero-order chi connectivity index (χ0) is 22.0. The molecule has 0 radical (unpaired) electrons. The maximum Gasteiger partial charge on any atom is 0.276 e. The molecule has 1 unspecified atom stereocenters. The SMILES string of the molecule is COc1ccc(-c2cc(C(=O)Nc3cccc(SC)c3)nn2C2CCS(=O)(=O)C2)cc1. The van der Waals surface area contributed by atoms with Crippen LogP contribution in [0.2, 0.25) is 0 Å². The predicted octanol–water partition coefficient (Wildman–Crippen LogP) is 3.89. The molecule has 0 spiro atoms. The molecule has 1 saturated heterocycles. The van der Waals surface area contributed by atoms with Crippen molar-refractivity contribution >= 4 is 33.2 Å². The molecule has 162 valence electrons. The van der Waals surface area contributed by atoms with E-state index in [4.69, 9.17) is 4.74 Å². The lowest BCUT2D eigenvalue weighted by Crippen LogP contribution is -2.16. The van der Waals surface area contributed by atoms with Crippen LogP contribution in [-0.2, 0) is 9.84 Å². The molecule has 7 nitrogen and oxygen atoms in total. The van der Waals surface area contributed by atoms with Crippen molar-refractivity contribution in [3.63, 3.8) is 0 Å². The average Bonchev–Trinajstić information content (AvgIpc) is 3.37. The number of nitrogens with one attached hydrogen (secondary N) is 1. The number of methoxy groups -OCH3 is 1. The first-order valence-corrected chi connectivity index (χ1v) is 12.8. The van der Waals surface area contributed by atoms with Crippen LogP contribution in [0, 0.1) is 0 Å². The van der Waals surface area contributed by atoms with Crippen molar-refractivity contribution in [2.75, 3.05) is 30.2 Å². The molecular weight excluding hydrogens is 434 g/mol. The molecule has 1 aromatic heterocycles. The Balaban J connectivity index is 1.68. The molecule has 0 bridgehead atoms. The van der Waals surface area contributed by atoms with E-state index in [2.05, 4.69) is 10.4 Å². The first kappa shape index (κ1) is 21.5. The maximum absolute atomic E-state index is 12.9. The maximum atomic E-state index is 12.9.